The summed E-state index contributed by atoms with van der Waals surface area (Å²) in [5.74, 6) is 0.507. The van der Waals surface area contributed by atoms with Gasteiger partial charge in [-0.05, 0) is 42.4 Å². The van der Waals surface area contributed by atoms with E-state index < -0.39 is 0 Å². The molecule has 1 aliphatic heterocycles. The highest BCUT2D eigenvalue weighted by atomic mass is 16.2. The van der Waals surface area contributed by atoms with Gasteiger partial charge in [0.15, 0.2) is 5.78 Å². The highest BCUT2D eigenvalue weighted by molar-refractivity contribution is 5.98. The number of amides is 2. The number of hydrogen-bond donors (Lipinski definition) is 1. The first-order chi connectivity index (χ1) is 15.4. The predicted molar refractivity (Wildman–Crippen MR) is 124 cm³/mol. The zero-order valence-electron chi connectivity index (χ0n) is 19.0. The van der Waals surface area contributed by atoms with Gasteiger partial charge in [-0.15, -0.1) is 0 Å². The van der Waals surface area contributed by atoms with Crippen LogP contribution in [-0.4, -0.2) is 40.6 Å². The Kier molecular flexibility index (Phi) is 8.54. The molecule has 1 aromatic heterocycles. The summed E-state index contributed by atoms with van der Waals surface area (Å²) in [6, 6.07) is 11.5. The lowest BCUT2D eigenvalue weighted by Gasteiger charge is -2.31. The molecule has 1 aromatic carbocycles. The smallest absolute Gasteiger partial charge is 0.223 e. The molecule has 0 unspecified atom stereocenters. The van der Waals surface area contributed by atoms with Crippen molar-refractivity contribution in [3.8, 4) is 0 Å². The van der Waals surface area contributed by atoms with Gasteiger partial charge in [-0.3, -0.25) is 19.4 Å². The molecule has 0 bridgehead atoms. The largest absolute Gasteiger partial charge is 0.352 e. The van der Waals surface area contributed by atoms with E-state index in [0.29, 0.717) is 44.0 Å². The van der Waals surface area contributed by atoms with E-state index in [1.54, 1.807) is 17.3 Å². The third-order valence-electron chi connectivity index (χ3n) is 5.89. The number of nitrogens with one attached hydrogen (secondary N) is 1. The molecule has 1 aliphatic rings. The van der Waals surface area contributed by atoms with Crippen LogP contribution in [0.3, 0.4) is 0 Å². The number of aromatic nitrogens is 1. The fourth-order valence-electron chi connectivity index (χ4n) is 4.05. The van der Waals surface area contributed by atoms with Crippen molar-refractivity contribution in [2.75, 3.05) is 13.1 Å². The van der Waals surface area contributed by atoms with Crippen LogP contribution in [0.15, 0.2) is 48.8 Å². The molecule has 2 heterocycles. The average molecular weight is 436 g/mol. The lowest BCUT2D eigenvalue weighted by atomic mass is 9.95. The number of likely N-dealkylation sites (tertiary alicyclic amines) is 1. The van der Waals surface area contributed by atoms with Crippen LogP contribution in [0.25, 0.3) is 0 Å². The number of carbonyl (C=O) groups excluding carboxylic acids is 3. The summed E-state index contributed by atoms with van der Waals surface area (Å²) < 4.78 is 0. The molecule has 1 fully saturated rings. The van der Waals surface area contributed by atoms with Crippen molar-refractivity contribution in [2.24, 2.45) is 11.8 Å². The summed E-state index contributed by atoms with van der Waals surface area (Å²) in [4.78, 5) is 43.3. The van der Waals surface area contributed by atoms with Crippen molar-refractivity contribution in [3.05, 3.63) is 65.5 Å². The zero-order valence-corrected chi connectivity index (χ0v) is 19.0. The van der Waals surface area contributed by atoms with Gasteiger partial charge in [0.05, 0.1) is 0 Å². The summed E-state index contributed by atoms with van der Waals surface area (Å²) >= 11 is 0. The lowest BCUT2D eigenvalue weighted by molar-refractivity contribution is -0.135. The molecular formula is C26H33N3O3. The zero-order chi connectivity index (χ0) is 22.9. The maximum atomic E-state index is 12.6. The summed E-state index contributed by atoms with van der Waals surface area (Å²) in [5, 5.41) is 2.96. The minimum atomic E-state index is -0.0818. The molecule has 0 radical (unpaired) electrons. The first-order valence-corrected chi connectivity index (χ1v) is 11.5. The van der Waals surface area contributed by atoms with E-state index in [1.165, 1.54) is 5.56 Å². The molecule has 170 valence electrons. The third-order valence-corrected chi connectivity index (χ3v) is 5.89. The molecule has 0 aliphatic carbocycles. The number of hydrogen-bond acceptors (Lipinski definition) is 4. The van der Waals surface area contributed by atoms with Crippen molar-refractivity contribution in [1.29, 1.82) is 0 Å². The molecule has 1 saturated heterocycles. The van der Waals surface area contributed by atoms with Gasteiger partial charge in [0.2, 0.25) is 11.8 Å². The number of rotatable bonds is 9. The van der Waals surface area contributed by atoms with Crippen LogP contribution in [-0.2, 0) is 22.6 Å². The third kappa shape index (κ3) is 7.01. The van der Waals surface area contributed by atoms with Gasteiger partial charge in [-0.25, -0.2) is 0 Å². The maximum Gasteiger partial charge on any atom is 0.223 e. The van der Waals surface area contributed by atoms with Gasteiger partial charge in [-0.2, -0.15) is 0 Å². The van der Waals surface area contributed by atoms with Crippen molar-refractivity contribution in [1.82, 2.24) is 15.2 Å². The number of pyridine rings is 1. The first kappa shape index (κ1) is 23.6. The van der Waals surface area contributed by atoms with Crippen LogP contribution in [0.2, 0.25) is 0 Å². The van der Waals surface area contributed by atoms with Crippen molar-refractivity contribution in [3.63, 3.8) is 0 Å². The van der Waals surface area contributed by atoms with Gasteiger partial charge in [-0.1, -0.05) is 44.2 Å². The molecule has 1 N–H and O–H groups in total. The van der Waals surface area contributed by atoms with E-state index in [0.717, 1.165) is 12.0 Å². The Bertz CT molecular complexity index is 902. The van der Waals surface area contributed by atoms with E-state index in [1.807, 2.05) is 36.4 Å². The molecule has 6 nitrogen and oxygen atoms in total. The Labute approximate surface area is 190 Å². The summed E-state index contributed by atoms with van der Waals surface area (Å²) in [6.07, 6.45) is 6.16. The Hall–Kier alpha value is -3.02. The Morgan fingerprint density at radius 2 is 1.75 bits per heavy atom. The molecule has 0 saturated carbocycles. The summed E-state index contributed by atoms with van der Waals surface area (Å²) in [5.41, 5.74) is 2.85. The van der Waals surface area contributed by atoms with Crippen LogP contribution in [0, 0.1) is 11.8 Å². The Morgan fingerprint density at radius 1 is 1.03 bits per heavy atom. The second-order valence-electron chi connectivity index (χ2n) is 8.95. The quantitative estimate of drug-likeness (QED) is 0.608. The topological polar surface area (TPSA) is 79.4 Å². The van der Waals surface area contributed by atoms with E-state index >= 15 is 0 Å². The predicted octanol–water partition coefficient (Wildman–Crippen LogP) is 3.80. The second kappa shape index (κ2) is 11.6. The molecule has 0 spiro atoms. The number of piperidine rings is 1. The van der Waals surface area contributed by atoms with Crippen LogP contribution in [0.1, 0.15) is 61.0 Å². The van der Waals surface area contributed by atoms with E-state index in [-0.39, 0.29) is 36.4 Å². The number of Topliss-reactive ketones (excluding diaryl/α,β-unsaturated/α-hetero) is 1. The first-order valence-electron chi connectivity index (χ1n) is 11.5. The number of nitrogens with zero attached hydrogens (tertiary/aromatic N) is 2. The molecule has 3 rings (SSSR count). The highest BCUT2D eigenvalue weighted by Crippen LogP contribution is 2.19. The van der Waals surface area contributed by atoms with Crippen LogP contribution >= 0.6 is 0 Å². The SMILES string of the molecule is CC(C)Cc1ccc(C(=O)CCC(=O)N2CCC(C(=O)NCc3cccnc3)CC2)cc1. The van der Waals surface area contributed by atoms with Gasteiger partial charge in [0, 0.05) is 56.4 Å². The fourth-order valence-corrected chi connectivity index (χ4v) is 4.05. The second-order valence-corrected chi connectivity index (χ2v) is 8.95. The fraction of sp³-hybridized carbons (Fsp3) is 0.462. The minimum Gasteiger partial charge on any atom is -0.352 e. The van der Waals surface area contributed by atoms with Crippen molar-refractivity contribution in [2.45, 2.75) is 52.5 Å². The number of carbonyl (C=O) groups is 3. The van der Waals surface area contributed by atoms with E-state index in [2.05, 4.69) is 24.1 Å². The highest BCUT2D eigenvalue weighted by Gasteiger charge is 2.27. The van der Waals surface area contributed by atoms with Gasteiger partial charge < -0.3 is 10.2 Å². The minimum absolute atomic E-state index is 0.000822. The average Bonchev–Trinajstić information content (AvgIpc) is 2.81. The van der Waals surface area contributed by atoms with Gasteiger partial charge in [0.25, 0.3) is 0 Å². The summed E-state index contributed by atoms with van der Waals surface area (Å²) in [6.45, 7) is 5.92. The molecule has 2 aromatic rings. The van der Waals surface area contributed by atoms with E-state index in [9.17, 15) is 14.4 Å². The van der Waals surface area contributed by atoms with Crippen molar-refractivity contribution >= 4 is 17.6 Å². The molecular weight excluding hydrogens is 402 g/mol. The standard InChI is InChI=1S/C26H33N3O3/c1-19(2)16-20-5-7-22(8-6-20)24(30)9-10-25(31)29-14-11-23(12-15-29)26(32)28-18-21-4-3-13-27-17-21/h3-8,13,17,19,23H,9-12,14-16,18H2,1-2H3,(H,28,32). The Balaban J connectivity index is 1.38. The van der Waals surface area contributed by atoms with Crippen molar-refractivity contribution < 1.29 is 14.4 Å². The van der Waals surface area contributed by atoms with Crippen LogP contribution < -0.4 is 5.32 Å². The number of ketones is 1. The van der Waals surface area contributed by atoms with Crippen LogP contribution in [0.4, 0.5) is 0 Å². The van der Waals surface area contributed by atoms with Crippen LogP contribution in [0.5, 0.6) is 0 Å². The Morgan fingerprint density at radius 3 is 2.38 bits per heavy atom. The number of benzene rings is 1. The molecule has 2 amide bonds. The normalized spacial score (nSPS) is 14.4. The van der Waals surface area contributed by atoms with E-state index in [4.69, 9.17) is 0 Å². The van der Waals surface area contributed by atoms with Gasteiger partial charge >= 0.3 is 0 Å². The molecule has 32 heavy (non-hydrogen) atoms. The molecule has 0 atom stereocenters. The monoisotopic (exact) mass is 435 g/mol. The summed E-state index contributed by atoms with van der Waals surface area (Å²) in [7, 11) is 0. The molecule has 6 heteroatoms. The van der Waals surface area contributed by atoms with Gasteiger partial charge in [0.1, 0.15) is 0 Å². The lowest BCUT2D eigenvalue weighted by Crippen LogP contribution is -2.43. The maximum absolute atomic E-state index is 12.6.